The van der Waals surface area contributed by atoms with Crippen LogP contribution in [0, 0.1) is 0 Å². The highest BCUT2D eigenvalue weighted by molar-refractivity contribution is 5.74. The minimum Gasteiger partial charge on any atom is -0.468 e. The lowest BCUT2D eigenvalue weighted by Crippen LogP contribution is -2.53. The summed E-state index contributed by atoms with van der Waals surface area (Å²) in [5.41, 5.74) is 0. The molecule has 1 heterocycles. The smallest absolute Gasteiger partial charge is 0.326 e. The zero-order valence-electron chi connectivity index (χ0n) is 8.38. The van der Waals surface area contributed by atoms with Crippen molar-refractivity contribution in [3.8, 4) is 0 Å². The van der Waals surface area contributed by atoms with E-state index in [0.29, 0.717) is 6.54 Å². The lowest BCUT2D eigenvalue weighted by atomic mass is 10.3. The van der Waals surface area contributed by atoms with Crippen molar-refractivity contribution in [2.75, 3.05) is 13.7 Å². The lowest BCUT2D eigenvalue weighted by Gasteiger charge is -2.33. The van der Waals surface area contributed by atoms with Crippen LogP contribution in [0.3, 0.4) is 0 Å². The molecule has 14 heavy (non-hydrogen) atoms. The van der Waals surface area contributed by atoms with E-state index in [1.165, 1.54) is 12.2 Å². The molecule has 0 aromatic rings. The monoisotopic (exact) mass is 197 g/mol. The quantitative estimate of drug-likeness (QED) is 0.393. The zero-order chi connectivity index (χ0) is 10.6. The summed E-state index contributed by atoms with van der Waals surface area (Å²) in [5.74, 6) is 5.39. The molecule has 78 valence electrons. The number of carbonyl (C=O) groups is 1. The van der Waals surface area contributed by atoms with Gasteiger partial charge in [0.1, 0.15) is 6.04 Å². The highest BCUT2D eigenvalue weighted by Gasteiger charge is 2.22. The molecule has 0 amide bonds. The minimum atomic E-state index is -0.490. The molecular weight excluding hydrogens is 182 g/mol. The van der Waals surface area contributed by atoms with Gasteiger partial charge in [-0.05, 0) is 13.0 Å². The van der Waals surface area contributed by atoms with E-state index in [-0.39, 0.29) is 5.97 Å². The molecule has 0 fully saturated rings. The first kappa shape index (κ1) is 10.7. The Hall–Kier alpha value is -1.33. The number of nitrogens with zero attached hydrogens (tertiary/aromatic N) is 2. The van der Waals surface area contributed by atoms with Gasteiger partial charge in [-0.15, -0.1) is 5.12 Å². The van der Waals surface area contributed by atoms with Crippen LogP contribution >= 0.6 is 0 Å². The predicted molar refractivity (Wildman–Crippen MR) is 52.5 cm³/mol. The number of allylic oxidation sites excluding steroid dienone is 2. The van der Waals surface area contributed by atoms with E-state index in [0.717, 1.165) is 0 Å². The van der Waals surface area contributed by atoms with Crippen molar-refractivity contribution in [1.82, 2.24) is 10.1 Å². The average Bonchev–Trinajstić information content (AvgIpc) is 2.27. The minimum absolute atomic E-state index is 0.351. The number of nitrogens with two attached hydrogens (primary N) is 1. The second kappa shape index (κ2) is 4.78. The summed E-state index contributed by atoms with van der Waals surface area (Å²) in [5, 5.41) is 3.09. The van der Waals surface area contributed by atoms with Crippen LogP contribution in [0.15, 0.2) is 24.4 Å². The highest BCUT2D eigenvalue weighted by Crippen LogP contribution is 2.05. The summed E-state index contributed by atoms with van der Waals surface area (Å²) in [7, 11) is 1.35. The molecule has 0 aromatic heterocycles. The highest BCUT2D eigenvalue weighted by atomic mass is 16.5. The van der Waals surface area contributed by atoms with E-state index < -0.39 is 6.04 Å². The van der Waals surface area contributed by atoms with Gasteiger partial charge < -0.3 is 4.74 Å². The van der Waals surface area contributed by atoms with Crippen molar-refractivity contribution in [3.63, 3.8) is 0 Å². The molecule has 1 rings (SSSR count). The fourth-order valence-corrected chi connectivity index (χ4v) is 1.13. The van der Waals surface area contributed by atoms with Gasteiger partial charge in [-0.3, -0.25) is 9.80 Å². The molecule has 0 aromatic carbocycles. The second-order valence-corrected chi connectivity index (χ2v) is 2.97. The van der Waals surface area contributed by atoms with Gasteiger partial charge in [-0.25, -0.2) is 5.84 Å². The third-order valence-electron chi connectivity index (χ3n) is 2.03. The van der Waals surface area contributed by atoms with E-state index >= 15 is 0 Å². The second-order valence-electron chi connectivity index (χ2n) is 2.97. The van der Waals surface area contributed by atoms with Gasteiger partial charge in [0.2, 0.25) is 0 Å². The van der Waals surface area contributed by atoms with Crippen LogP contribution in [-0.4, -0.2) is 35.8 Å². The molecule has 1 unspecified atom stereocenters. The van der Waals surface area contributed by atoms with Crippen molar-refractivity contribution >= 4 is 5.97 Å². The molecule has 1 aliphatic rings. The Kier molecular flexibility index (Phi) is 3.67. The lowest BCUT2D eigenvalue weighted by molar-refractivity contribution is -0.153. The average molecular weight is 197 g/mol. The van der Waals surface area contributed by atoms with Crippen molar-refractivity contribution in [2.24, 2.45) is 5.84 Å². The van der Waals surface area contributed by atoms with Crippen molar-refractivity contribution < 1.29 is 9.53 Å². The molecule has 0 saturated carbocycles. The Balaban J connectivity index is 2.55. The van der Waals surface area contributed by atoms with Gasteiger partial charge in [-0.1, -0.05) is 12.2 Å². The van der Waals surface area contributed by atoms with Crippen molar-refractivity contribution in [3.05, 3.63) is 24.4 Å². The van der Waals surface area contributed by atoms with Crippen LogP contribution < -0.4 is 5.84 Å². The Morgan fingerprint density at radius 2 is 2.36 bits per heavy atom. The van der Waals surface area contributed by atoms with E-state index in [9.17, 15) is 4.79 Å². The van der Waals surface area contributed by atoms with Gasteiger partial charge in [0.25, 0.3) is 0 Å². The van der Waals surface area contributed by atoms with Crippen LogP contribution in [-0.2, 0) is 9.53 Å². The van der Waals surface area contributed by atoms with Crippen LogP contribution in [0.25, 0.3) is 0 Å². The molecule has 1 aliphatic heterocycles. The summed E-state index contributed by atoms with van der Waals surface area (Å²) >= 11 is 0. The fourth-order valence-electron chi connectivity index (χ4n) is 1.13. The fraction of sp³-hybridized carbons (Fsp3) is 0.444. The SMILES string of the molecule is COC(=O)C(C)N(N)N1C=CC=CC1. The zero-order valence-corrected chi connectivity index (χ0v) is 8.38. The third-order valence-corrected chi connectivity index (χ3v) is 2.03. The molecule has 0 radical (unpaired) electrons. The Labute approximate surface area is 83.3 Å². The van der Waals surface area contributed by atoms with Crippen molar-refractivity contribution in [1.29, 1.82) is 0 Å². The third kappa shape index (κ3) is 2.34. The number of carbonyl (C=O) groups excluding carboxylic acids is 1. The van der Waals surface area contributed by atoms with Crippen LogP contribution in [0.5, 0.6) is 0 Å². The number of hydrazine groups is 2. The summed E-state index contributed by atoms with van der Waals surface area (Å²) in [6, 6.07) is -0.490. The number of hydrogen-bond acceptors (Lipinski definition) is 5. The van der Waals surface area contributed by atoms with Crippen LogP contribution in [0.4, 0.5) is 0 Å². The Bertz CT molecular complexity index is 263. The molecule has 5 heteroatoms. The van der Waals surface area contributed by atoms with Gasteiger partial charge >= 0.3 is 5.97 Å². The molecular formula is C9H15N3O2. The van der Waals surface area contributed by atoms with Gasteiger partial charge in [0, 0.05) is 6.20 Å². The molecule has 0 bridgehead atoms. The maximum absolute atomic E-state index is 11.2. The molecule has 0 saturated heterocycles. The number of esters is 1. The van der Waals surface area contributed by atoms with Gasteiger partial charge in [-0.2, -0.15) is 0 Å². The summed E-state index contributed by atoms with van der Waals surface area (Å²) in [4.78, 5) is 11.2. The standard InChI is InChI=1S/C9H15N3O2/c1-8(9(13)14-2)12(10)11-6-4-3-5-7-11/h3-6,8H,7,10H2,1-2H3. The largest absolute Gasteiger partial charge is 0.468 e. The first-order chi connectivity index (χ1) is 6.66. The van der Waals surface area contributed by atoms with E-state index in [4.69, 9.17) is 5.84 Å². The maximum Gasteiger partial charge on any atom is 0.326 e. The maximum atomic E-state index is 11.2. The number of ether oxygens (including phenoxy) is 1. The number of hydrogen-bond donors (Lipinski definition) is 1. The molecule has 5 nitrogen and oxygen atoms in total. The Morgan fingerprint density at radius 3 is 2.86 bits per heavy atom. The van der Waals surface area contributed by atoms with Crippen molar-refractivity contribution in [2.45, 2.75) is 13.0 Å². The summed E-state index contributed by atoms with van der Waals surface area (Å²) < 4.78 is 4.59. The normalized spacial score (nSPS) is 17.3. The molecule has 2 N–H and O–H groups in total. The van der Waals surface area contributed by atoms with Gasteiger partial charge in [0.15, 0.2) is 0 Å². The number of rotatable bonds is 3. The summed E-state index contributed by atoms with van der Waals surface area (Å²) in [6.45, 7) is 2.35. The summed E-state index contributed by atoms with van der Waals surface area (Å²) in [6.07, 6.45) is 7.53. The van der Waals surface area contributed by atoms with Gasteiger partial charge in [0.05, 0.1) is 13.7 Å². The van der Waals surface area contributed by atoms with Crippen LogP contribution in [0.2, 0.25) is 0 Å². The van der Waals surface area contributed by atoms with Crippen LogP contribution in [0.1, 0.15) is 6.92 Å². The molecule has 1 atom stereocenters. The van der Waals surface area contributed by atoms with E-state index in [1.807, 2.05) is 18.2 Å². The first-order valence-electron chi connectivity index (χ1n) is 4.38. The molecule has 0 aliphatic carbocycles. The Morgan fingerprint density at radius 1 is 1.64 bits per heavy atom. The number of methoxy groups -OCH3 is 1. The first-order valence-corrected chi connectivity index (χ1v) is 4.38. The molecule has 0 spiro atoms. The van der Waals surface area contributed by atoms with E-state index in [2.05, 4.69) is 4.74 Å². The topological polar surface area (TPSA) is 58.8 Å². The van der Waals surface area contributed by atoms with E-state index in [1.54, 1.807) is 18.1 Å². The predicted octanol–water partition coefficient (Wildman–Crippen LogP) is 0.0241.